The Morgan fingerprint density at radius 2 is 1.69 bits per heavy atom. The third kappa shape index (κ3) is 7.01. The first-order valence-corrected chi connectivity index (χ1v) is 10.9. The van der Waals surface area contributed by atoms with Crippen LogP contribution in [-0.2, 0) is 6.54 Å². The Morgan fingerprint density at radius 3 is 2.31 bits per heavy atom. The van der Waals surface area contributed by atoms with Crippen molar-refractivity contribution < 1.29 is 9.53 Å². The SMILES string of the molecule is CCNC(=O)c1ccc(CN=C(NCC)N2CCN(c3cccc(OC)c3)CC2)cc1.I. The smallest absolute Gasteiger partial charge is 0.251 e. The zero-order valence-corrected chi connectivity index (χ0v) is 21.5. The molecular formula is C24H34IN5O2. The number of halogens is 1. The molecule has 0 aromatic heterocycles. The van der Waals surface area contributed by atoms with Crippen molar-refractivity contribution >= 4 is 41.5 Å². The predicted octanol–water partition coefficient (Wildman–Crippen LogP) is 3.35. The number of guanidine groups is 1. The van der Waals surface area contributed by atoms with Crippen LogP contribution in [0.15, 0.2) is 53.5 Å². The quantitative estimate of drug-likeness (QED) is 0.314. The highest BCUT2D eigenvalue weighted by atomic mass is 127. The van der Waals surface area contributed by atoms with E-state index < -0.39 is 0 Å². The molecule has 0 radical (unpaired) electrons. The summed E-state index contributed by atoms with van der Waals surface area (Å²) >= 11 is 0. The molecule has 0 spiro atoms. The lowest BCUT2D eigenvalue weighted by atomic mass is 10.1. The highest BCUT2D eigenvalue weighted by molar-refractivity contribution is 14.0. The van der Waals surface area contributed by atoms with Gasteiger partial charge in [0.05, 0.1) is 13.7 Å². The van der Waals surface area contributed by atoms with E-state index in [2.05, 4.69) is 39.5 Å². The van der Waals surface area contributed by atoms with Crippen LogP contribution in [0.4, 0.5) is 5.69 Å². The summed E-state index contributed by atoms with van der Waals surface area (Å²) in [6.07, 6.45) is 0. The molecule has 0 saturated carbocycles. The van der Waals surface area contributed by atoms with Crippen molar-refractivity contribution in [1.29, 1.82) is 0 Å². The number of nitrogens with one attached hydrogen (secondary N) is 2. The second-order valence-electron chi connectivity index (χ2n) is 7.40. The average Bonchev–Trinajstić information content (AvgIpc) is 2.82. The van der Waals surface area contributed by atoms with Gasteiger partial charge in [0.15, 0.2) is 5.96 Å². The predicted molar refractivity (Wildman–Crippen MR) is 141 cm³/mol. The van der Waals surface area contributed by atoms with Gasteiger partial charge in [-0.05, 0) is 43.7 Å². The molecule has 8 heteroatoms. The van der Waals surface area contributed by atoms with Crippen molar-refractivity contribution in [1.82, 2.24) is 15.5 Å². The number of anilines is 1. The first kappa shape index (κ1) is 25.8. The van der Waals surface area contributed by atoms with Crippen LogP contribution in [0.2, 0.25) is 0 Å². The van der Waals surface area contributed by atoms with Gasteiger partial charge in [-0.25, -0.2) is 4.99 Å². The first-order chi connectivity index (χ1) is 15.1. The Hall–Kier alpha value is -2.49. The molecule has 1 aliphatic rings. The molecule has 1 amide bonds. The lowest BCUT2D eigenvalue weighted by molar-refractivity contribution is 0.0956. The van der Waals surface area contributed by atoms with E-state index in [0.29, 0.717) is 18.7 Å². The van der Waals surface area contributed by atoms with E-state index in [0.717, 1.165) is 50.0 Å². The lowest BCUT2D eigenvalue weighted by Crippen LogP contribution is -2.52. The zero-order valence-electron chi connectivity index (χ0n) is 19.1. The molecule has 1 fully saturated rings. The Balaban J connectivity index is 0.00000363. The molecule has 32 heavy (non-hydrogen) atoms. The number of nitrogens with zero attached hydrogens (tertiary/aromatic N) is 3. The number of aliphatic imine (C=N–C) groups is 1. The second-order valence-corrected chi connectivity index (χ2v) is 7.40. The van der Waals surface area contributed by atoms with Gasteiger partial charge in [-0.2, -0.15) is 0 Å². The first-order valence-electron chi connectivity index (χ1n) is 10.9. The van der Waals surface area contributed by atoms with Crippen LogP contribution in [-0.4, -0.2) is 63.1 Å². The number of piperazine rings is 1. The van der Waals surface area contributed by atoms with E-state index in [4.69, 9.17) is 9.73 Å². The van der Waals surface area contributed by atoms with Crippen molar-refractivity contribution in [2.45, 2.75) is 20.4 Å². The van der Waals surface area contributed by atoms with Gasteiger partial charge in [0.2, 0.25) is 0 Å². The van der Waals surface area contributed by atoms with Gasteiger partial charge in [-0.1, -0.05) is 18.2 Å². The van der Waals surface area contributed by atoms with Gasteiger partial charge >= 0.3 is 0 Å². The fourth-order valence-electron chi connectivity index (χ4n) is 3.60. The number of ether oxygens (including phenoxy) is 1. The van der Waals surface area contributed by atoms with E-state index in [9.17, 15) is 4.79 Å². The summed E-state index contributed by atoms with van der Waals surface area (Å²) in [6, 6.07) is 15.9. The van der Waals surface area contributed by atoms with E-state index in [1.807, 2.05) is 43.3 Å². The second kappa shape index (κ2) is 13.1. The van der Waals surface area contributed by atoms with Crippen LogP contribution in [0.1, 0.15) is 29.8 Å². The van der Waals surface area contributed by atoms with Crippen molar-refractivity contribution in [2.24, 2.45) is 4.99 Å². The Kier molecular flexibility index (Phi) is 10.6. The van der Waals surface area contributed by atoms with E-state index in [1.54, 1.807) is 7.11 Å². The summed E-state index contributed by atoms with van der Waals surface area (Å²) in [7, 11) is 1.70. The van der Waals surface area contributed by atoms with E-state index in [-0.39, 0.29) is 29.9 Å². The van der Waals surface area contributed by atoms with Crippen LogP contribution in [0.5, 0.6) is 5.75 Å². The Labute approximate surface area is 208 Å². The molecule has 0 aliphatic carbocycles. The molecule has 3 rings (SSSR count). The van der Waals surface area contributed by atoms with Crippen molar-refractivity contribution in [3.8, 4) is 5.75 Å². The van der Waals surface area contributed by atoms with Gasteiger partial charge in [0, 0.05) is 56.6 Å². The van der Waals surface area contributed by atoms with E-state index >= 15 is 0 Å². The highest BCUT2D eigenvalue weighted by Crippen LogP contribution is 2.22. The van der Waals surface area contributed by atoms with Crippen LogP contribution < -0.4 is 20.3 Å². The van der Waals surface area contributed by atoms with Gasteiger partial charge in [0.1, 0.15) is 5.75 Å². The number of methoxy groups -OCH3 is 1. The number of amides is 1. The summed E-state index contributed by atoms with van der Waals surface area (Å²) in [6.45, 7) is 9.69. The minimum Gasteiger partial charge on any atom is -0.497 e. The topological polar surface area (TPSA) is 69.2 Å². The molecule has 2 N–H and O–H groups in total. The standard InChI is InChI=1S/C24H33N5O2.HI/c1-4-25-23(30)20-11-9-19(10-12-20)18-27-24(26-5-2)29-15-13-28(14-16-29)21-7-6-8-22(17-21)31-3;/h6-12,17H,4-5,13-16,18H2,1-3H3,(H,25,30)(H,26,27);1H. The molecule has 1 heterocycles. The fourth-order valence-corrected chi connectivity index (χ4v) is 3.60. The molecule has 2 aromatic carbocycles. The molecular weight excluding hydrogens is 517 g/mol. The molecule has 0 bridgehead atoms. The monoisotopic (exact) mass is 551 g/mol. The van der Waals surface area contributed by atoms with Crippen LogP contribution in [0.3, 0.4) is 0 Å². The normalized spacial score (nSPS) is 13.9. The van der Waals surface area contributed by atoms with Gasteiger partial charge in [-0.3, -0.25) is 4.79 Å². The minimum absolute atomic E-state index is 0. The largest absolute Gasteiger partial charge is 0.497 e. The zero-order chi connectivity index (χ0) is 22.1. The number of benzene rings is 2. The number of hydrogen-bond donors (Lipinski definition) is 2. The van der Waals surface area contributed by atoms with Crippen molar-refractivity contribution in [3.05, 3.63) is 59.7 Å². The number of rotatable bonds is 7. The van der Waals surface area contributed by atoms with Gasteiger partial charge in [-0.15, -0.1) is 24.0 Å². The molecule has 1 aliphatic heterocycles. The lowest BCUT2D eigenvalue weighted by Gasteiger charge is -2.37. The molecule has 0 unspecified atom stereocenters. The third-order valence-corrected chi connectivity index (χ3v) is 5.30. The Morgan fingerprint density at radius 1 is 1.00 bits per heavy atom. The van der Waals surface area contributed by atoms with Gasteiger partial charge in [0.25, 0.3) is 5.91 Å². The summed E-state index contributed by atoms with van der Waals surface area (Å²) in [5.74, 6) is 1.77. The highest BCUT2D eigenvalue weighted by Gasteiger charge is 2.20. The fraction of sp³-hybridized carbons (Fsp3) is 0.417. The van der Waals surface area contributed by atoms with Crippen molar-refractivity contribution in [2.75, 3.05) is 51.3 Å². The maximum Gasteiger partial charge on any atom is 0.251 e. The maximum absolute atomic E-state index is 11.9. The molecule has 0 atom stereocenters. The number of carbonyl (C=O) groups excluding carboxylic acids is 1. The van der Waals surface area contributed by atoms with Crippen LogP contribution in [0, 0.1) is 0 Å². The van der Waals surface area contributed by atoms with Crippen LogP contribution in [0.25, 0.3) is 0 Å². The van der Waals surface area contributed by atoms with Gasteiger partial charge < -0.3 is 25.2 Å². The van der Waals surface area contributed by atoms with E-state index in [1.165, 1.54) is 5.69 Å². The molecule has 7 nitrogen and oxygen atoms in total. The molecule has 1 saturated heterocycles. The maximum atomic E-state index is 11.9. The summed E-state index contributed by atoms with van der Waals surface area (Å²) in [5.41, 5.74) is 2.95. The Bertz CT molecular complexity index is 880. The minimum atomic E-state index is -0.0419. The van der Waals surface area contributed by atoms with Crippen LogP contribution >= 0.6 is 24.0 Å². The molecule has 2 aromatic rings. The third-order valence-electron chi connectivity index (χ3n) is 5.30. The van der Waals surface area contributed by atoms with Crippen molar-refractivity contribution in [3.63, 3.8) is 0 Å². The number of carbonyl (C=O) groups is 1. The average molecular weight is 551 g/mol. The number of hydrogen-bond acceptors (Lipinski definition) is 4. The summed E-state index contributed by atoms with van der Waals surface area (Å²) in [4.78, 5) is 21.4. The summed E-state index contributed by atoms with van der Waals surface area (Å²) in [5, 5.41) is 6.23. The molecule has 174 valence electrons. The summed E-state index contributed by atoms with van der Waals surface area (Å²) < 4.78 is 5.36.